The second-order valence-corrected chi connectivity index (χ2v) is 7.08. The number of piperidine rings is 1. The summed E-state index contributed by atoms with van der Waals surface area (Å²) >= 11 is 0. The lowest BCUT2D eigenvalue weighted by atomic mass is 9.86. The maximum absolute atomic E-state index is 12.2. The number of alkyl halides is 3. The minimum Gasteiger partial charge on any atom is -0.393 e. The van der Waals surface area contributed by atoms with Crippen LogP contribution < -0.4 is 5.32 Å². The van der Waals surface area contributed by atoms with Gasteiger partial charge >= 0.3 is 6.18 Å². The zero-order valence-electron chi connectivity index (χ0n) is 13.3. The molecular formula is C15H29F3N2O. The molecule has 1 fully saturated rings. The Morgan fingerprint density at radius 1 is 1.24 bits per heavy atom. The lowest BCUT2D eigenvalue weighted by molar-refractivity contribution is -0.138. The molecule has 21 heavy (non-hydrogen) atoms. The molecule has 1 aliphatic rings. The van der Waals surface area contributed by atoms with Crippen molar-refractivity contribution in [1.82, 2.24) is 10.2 Å². The number of hydrogen-bond donors (Lipinski definition) is 2. The minimum atomic E-state index is -4.06. The molecule has 0 radical (unpaired) electrons. The van der Waals surface area contributed by atoms with E-state index in [-0.39, 0.29) is 18.1 Å². The predicted molar refractivity (Wildman–Crippen MR) is 78.2 cm³/mol. The SMILES string of the molecule is CC(O)CC(C)(C)CNC1CCN(CCC(F)(F)F)CC1. The average molecular weight is 310 g/mol. The number of hydrogen-bond acceptors (Lipinski definition) is 3. The van der Waals surface area contributed by atoms with Gasteiger partial charge in [0.2, 0.25) is 0 Å². The highest BCUT2D eigenvalue weighted by Gasteiger charge is 2.29. The molecule has 1 aliphatic heterocycles. The Labute approximate surface area is 125 Å². The third-order valence-electron chi connectivity index (χ3n) is 4.02. The summed E-state index contributed by atoms with van der Waals surface area (Å²) in [7, 11) is 0. The van der Waals surface area contributed by atoms with E-state index in [1.807, 2.05) is 4.90 Å². The molecule has 0 aliphatic carbocycles. The molecule has 1 saturated heterocycles. The van der Waals surface area contributed by atoms with Gasteiger partial charge in [-0.05, 0) is 44.7 Å². The van der Waals surface area contributed by atoms with Gasteiger partial charge in [-0.1, -0.05) is 13.8 Å². The van der Waals surface area contributed by atoms with Crippen LogP contribution in [-0.4, -0.2) is 54.5 Å². The van der Waals surface area contributed by atoms with E-state index in [4.69, 9.17) is 0 Å². The summed E-state index contributed by atoms with van der Waals surface area (Å²) in [5, 5.41) is 13.0. The third kappa shape index (κ3) is 8.63. The molecule has 1 rings (SSSR count). The van der Waals surface area contributed by atoms with Crippen LogP contribution >= 0.6 is 0 Å². The first-order valence-corrected chi connectivity index (χ1v) is 7.78. The number of nitrogens with one attached hydrogen (secondary N) is 1. The molecule has 126 valence electrons. The van der Waals surface area contributed by atoms with E-state index in [1.165, 1.54) is 0 Å². The van der Waals surface area contributed by atoms with Crippen molar-refractivity contribution in [3.8, 4) is 0 Å². The second kappa shape index (κ2) is 7.79. The summed E-state index contributed by atoms with van der Waals surface area (Å²) in [5.74, 6) is 0. The number of nitrogens with zero attached hydrogens (tertiary/aromatic N) is 1. The van der Waals surface area contributed by atoms with E-state index in [1.54, 1.807) is 6.92 Å². The van der Waals surface area contributed by atoms with Crippen molar-refractivity contribution >= 4 is 0 Å². The maximum Gasteiger partial charge on any atom is 0.390 e. The smallest absolute Gasteiger partial charge is 0.390 e. The third-order valence-corrected chi connectivity index (χ3v) is 4.02. The van der Waals surface area contributed by atoms with Gasteiger partial charge in [-0.25, -0.2) is 0 Å². The number of likely N-dealkylation sites (tertiary alicyclic amines) is 1. The van der Waals surface area contributed by atoms with Gasteiger partial charge in [0.25, 0.3) is 0 Å². The molecule has 0 aromatic carbocycles. The fraction of sp³-hybridized carbons (Fsp3) is 1.00. The minimum absolute atomic E-state index is 0.0294. The van der Waals surface area contributed by atoms with Gasteiger partial charge in [-0.3, -0.25) is 0 Å². The van der Waals surface area contributed by atoms with E-state index in [0.29, 0.717) is 6.04 Å². The highest BCUT2D eigenvalue weighted by atomic mass is 19.4. The van der Waals surface area contributed by atoms with Crippen LogP contribution in [0.5, 0.6) is 0 Å². The first kappa shape index (κ1) is 18.7. The van der Waals surface area contributed by atoms with E-state index in [2.05, 4.69) is 19.2 Å². The lowest BCUT2D eigenvalue weighted by Gasteiger charge is -2.35. The van der Waals surface area contributed by atoms with Crippen LogP contribution in [0.1, 0.15) is 46.5 Å². The molecule has 6 heteroatoms. The van der Waals surface area contributed by atoms with Crippen molar-refractivity contribution in [2.45, 2.75) is 64.8 Å². The van der Waals surface area contributed by atoms with E-state index in [0.717, 1.165) is 38.9 Å². The van der Waals surface area contributed by atoms with Crippen LogP contribution in [0.3, 0.4) is 0 Å². The quantitative estimate of drug-likeness (QED) is 0.759. The van der Waals surface area contributed by atoms with Crippen molar-refractivity contribution in [2.75, 3.05) is 26.2 Å². The van der Waals surface area contributed by atoms with Crippen LogP contribution in [0, 0.1) is 5.41 Å². The summed E-state index contributed by atoms with van der Waals surface area (Å²) in [6.45, 7) is 8.42. The van der Waals surface area contributed by atoms with Crippen molar-refractivity contribution in [3.63, 3.8) is 0 Å². The molecular weight excluding hydrogens is 281 g/mol. The largest absolute Gasteiger partial charge is 0.393 e. The summed E-state index contributed by atoms with van der Waals surface area (Å²) in [4.78, 5) is 1.90. The zero-order chi connectivity index (χ0) is 16.1. The number of aliphatic hydroxyl groups excluding tert-OH is 1. The van der Waals surface area contributed by atoms with E-state index >= 15 is 0 Å². The predicted octanol–water partition coefficient (Wildman–Crippen LogP) is 2.79. The Morgan fingerprint density at radius 3 is 2.29 bits per heavy atom. The molecule has 0 aromatic rings. The molecule has 0 aromatic heterocycles. The number of aliphatic hydroxyl groups is 1. The van der Waals surface area contributed by atoms with Gasteiger partial charge in [0.05, 0.1) is 12.5 Å². The van der Waals surface area contributed by atoms with E-state index < -0.39 is 12.6 Å². The molecule has 0 saturated carbocycles. The maximum atomic E-state index is 12.2. The van der Waals surface area contributed by atoms with Gasteiger partial charge in [-0.2, -0.15) is 13.2 Å². The summed E-state index contributed by atoms with van der Waals surface area (Å²) in [6.07, 6.45) is -2.56. The zero-order valence-corrected chi connectivity index (χ0v) is 13.3. The van der Waals surface area contributed by atoms with Gasteiger partial charge in [0.15, 0.2) is 0 Å². The standard InChI is InChI=1S/C15H29F3N2O/c1-12(21)10-14(2,3)11-19-13-4-7-20(8-5-13)9-6-15(16,17)18/h12-13,19,21H,4-11H2,1-3H3. The monoisotopic (exact) mass is 310 g/mol. The summed E-state index contributed by atoms with van der Waals surface area (Å²) < 4.78 is 36.6. The Morgan fingerprint density at radius 2 is 1.81 bits per heavy atom. The fourth-order valence-electron chi connectivity index (χ4n) is 2.94. The van der Waals surface area contributed by atoms with Crippen molar-refractivity contribution in [1.29, 1.82) is 0 Å². The van der Waals surface area contributed by atoms with Crippen LogP contribution in [0.15, 0.2) is 0 Å². The van der Waals surface area contributed by atoms with Crippen LogP contribution in [0.2, 0.25) is 0 Å². The first-order valence-electron chi connectivity index (χ1n) is 7.78. The molecule has 1 atom stereocenters. The highest BCUT2D eigenvalue weighted by molar-refractivity contribution is 4.81. The Hall–Kier alpha value is -0.330. The van der Waals surface area contributed by atoms with Gasteiger partial charge in [-0.15, -0.1) is 0 Å². The molecule has 0 amide bonds. The highest BCUT2D eigenvalue weighted by Crippen LogP contribution is 2.23. The molecule has 1 unspecified atom stereocenters. The molecule has 0 spiro atoms. The Bertz CT molecular complexity index is 298. The lowest BCUT2D eigenvalue weighted by Crippen LogP contribution is -2.46. The normalized spacial score (nSPS) is 20.7. The van der Waals surface area contributed by atoms with Gasteiger partial charge in [0, 0.05) is 19.1 Å². The molecule has 3 nitrogen and oxygen atoms in total. The van der Waals surface area contributed by atoms with Crippen LogP contribution in [0.25, 0.3) is 0 Å². The van der Waals surface area contributed by atoms with Crippen molar-refractivity contribution in [3.05, 3.63) is 0 Å². The topological polar surface area (TPSA) is 35.5 Å². The Balaban J connectivity index is 2.21. The Kier molecular flexibility index (Phi) is 6.94. The van der Waals surface area contributed by atoms with Gasteiger partial charge in [0.1, 0.15) is 0 Å². The van der Waals surface area contributed by atoms with Crippen LogP contribution in [-0.2, 0) is 0 Å². The van der Waals surface area contributed by atoms with E-state index in [9.17, 15) is 18.3 Å². The molecule has 1 heterocycles. The second-order valence-electron chi connectivity index (χ2n) is 7.08. The molecule has 0 bridgehead atoms. The van der Waals surface area contributed by atoms with Gasteiger partial charge < -0.3 is 15.3 Å². The molecule has 2 N–H and O–H groups in total. The summed E-state index contributed by atoms with van der Waals surface area (Å²) in [6, 6.07) is 0.375. The fourth-order valence-corrected chi connectivity index (χ4v) is 2.94. The summed E-state index contributed by atoms with van der Waals surface area (Å²) in [5.41, 5.74) is 0.0294. The number of rotatable bonds is 7. The van der Waals surface area contributed by atoms with Crippen molar-refractivity contribution < 1.29 is 18.3 Å². The number of halogens is 3. The van der Waals surface area contributed by atoms with Crippen LogP contribution in [0.4, 0.5) is 13.2 Å². The first-order chi connectivity index (χ1) is 9.57. The van der Waals surface area contributed by atoms with Crippen molar-refractivity contribution in [2.24, 2.45) is 5.41 Å². The average Bonchev–Trinajstić information content (AvgIpc) is 2.33.